The Bertz CT molecular complexity index is 1450. The summed E-state index contributed by atoms with van der Waals surface area (Å²) in [7, 11) is 1.54. The van der Waals surface area contributed by atoms with E-state index in [-0.39, 0.29) is 11.7 Å². The molecule has 8 nitrogen and oxygen atoms in total. The Morgan fingerprint density at radius 1 is 1.17 bits per heavy atom. The van der Waals surface area contributed by atoms with Crippen molar-refractivity contribution in [2.75, 3.05) is 13.7 Å². The van der Waals surface area contributed by atoms with Gasteiger partial charge in [0, 0.05) is 32.5 Å². The van der Waals surface area contributed by atoms with E-state index in [1.807, 2.05) is 42.7 Å². The lowest BCUT2D eigenvalue weighted by Gasteiger charge is -2.11. The van der Waals surface area contributed by atoms with Gasteiger partial charge in [-0.3, -0.25) is 4.79 Å². The second-order valence-corrected chi connectivity index (χ2v) is 8.68. The van der Waals surface area contributed by atoms with Crippen LogP contribution in [0.1, 0.15) is 44.8 Å². The number of nitrogens with one attached hydrogen (secondary N) is 1. The maximum atomic E-state index is 12.6. The topological polar surface area (TPSA) is 95.1 Å². The predicted molar refractivity (Wildman–Crippen MR) is 137 cm³/mol. The molecule has 35 heavy (non-hydrogen) atoms. The number of fused-ring (bicyclic) bond motifs is 1. The van der Waals surface area contributed by atoms with Crippen LogP contribution in [-0.4, -0.2) is 36.4 Å². The summed E-state index contributed by atoms with van der Waals surface area (Å²) in [5.74, 6) is -0.199. The van der Waals surface area contributed by atoms with Crippen molar-refractivity contribution in [1.82, 2.24) is 9.99 Å². The summed E-state index contributed by atoms with van der Waals surface area (Å²) < 4.78 is 18.9. The van der Waals surface area contributed by atoms with Crippen LogP contribution in [0.2, 0.25) is 0 Å². The van der Waals surface area contributed by atoms with E-state index in [0.29, 0.717) is 23.5 Å². The van der Waals surface area contributed by atoms with Gasteiger partial charge in [-0.05, 0) is 63.2 Å². The minimum Gasteiger partial charge on any atom is -0.493 e. The third-order valence-electron chi connectivity index (χ3n) is 5.45. The molecule has 4 aromatic rings. The van der Waals surface area contributed by atoms with Gasteiger partial charge >= 0.3 is 11.9 Å². The van der Waals surface area contributed by atoms with E-state index < -0.39 is 5.91 Å². The summed E-state index contributed by atoms with van der Waals surface area (Å²) in [6.07, 6.45) is 1.58. The normalized spacial score (nSPS) is 11.2. The molecule has 0 aliphatic carbocycles. The Morgan fingerprint density at radius 3 is 2.71 bits per heavy atom. The SMILES string of the molecule is CCOC(=O)c1cccc(-n2c(C)cc(C=NNC(=O)c3cc4cc(Br)cc(OC)c4o3)c2C)c1. The van der Waals surface area contributed by atoms with Gasteiger partial charge in [0.05, 0.1) is 25.5 Å². The number of amides is 1. The number of benzene rings is 2. The number of hydrogen-bond acceptors (Lipinski definition) is 6. The molecule has 0 aliphatic rings. The number of aromatic nitrogens is 1. The zero-order valence-electron chi connectivity index (χ0n) is 19.7. The van der Waals surface area contributed by atoms with E-state index in [9.17, 15) is 9.59 Å². The van der Waals surface area contributed by atoms with Crippen molar-refractivity contribution < 1.29 is 23.5 Å². The van der Waals surface area contributed by atoms with Crippen molar-refractivity contribution >= 4 is 45.0 Å². The van der Waals surface area contributed by atoms with E-state index >= 15 is 0 Å². The van der Waals surface area contributed by atoms with Gasteiger partial charge in [-0.1, -0.05) is 22.0 Å². The van der Waals surface area contributed by atoms with Gasteiger partial charge in [-0.2, -0.15) is 5.10 Å². The number of ether oxygens (including phenoxy) is 2. The Morgan fingerprint density at radius 2 is 1.97 bits per heavy atom. The van der Waals surface area contributed by atoms with E-state index in [1.54, 1.807) is 37.4 Å². The average molecular weight is 538 g/mol. The molecule has 2 aromatic carbocycles. The van der Waals surface area contributed by atoms with Crippen molar-refractivity contribution in [1.29, 1.82) is 0 Å². The molecular formula is C26H24BrN3O5. The van der Waals surface area contributed by atoms with Crippen molar-refractivity contribution in [2.45, 2.75) is 20.8 Å². The Balaban J connectivity index is 1.54. The smallest absolute Gasteiger partial charge is 0.338 e. The van der Waals surface area contributed by atoms with E-state index in [0.717, 1.165) is 32.5 Å². The fourth-order valence-corrected chi connectivity index (χ4v) is 4.32. The third-order valence-corrected chi connectivity index (χ3v) is 5.90. The molecule has 0 unspecified atom stereocenters. The number of carbonyl (C=O) groups is 2. The Kier molecular flexibility index (Phi) is 7.07. The van der Waals surface area contributed by atoms with Gasteiger partial charge in [0.1, 0.15) is 0 Å². The molecular weight excluding hydrogens is 514 g/mol. The number of halogens is 1. The van der Waals surface area contributed by atoms with Crippen LogP contribution < -0.4 is 10.2 Å². The lowest BCUT2D eigenvalue weighted by molar-refractivity contribution is 0.0526. The maximum Gasteiger partial charge on any atom is 0.338 e. The van der Waals surface area contributed by atoms with Crippen LogP contribution in [-0.2, 0) is 4.74 Å². The first-order valence-corrected chi connectivity index (χ1v) is 11.7. The molecule has 0 fully saturated rings. The minimum atomic E-state index is -0.480. The zero-order chi connectivity index (χ0) is 25.1. The maximum absolute atomic E-state index is 12.6. The molecule has 0 atom stereocenters. The summed E-state index contributed by atoms with van der Waals surface area (Å²) in [5, 5.41) is 4.85. The van der Waals surface area contributed by atoms with E-state index in [4.69, 9.17) is 13.9 Å². The number of hydrazone groups is 1. The van der Waals surface area contributed by atoms with Crippen LogP contribution >= 0.6 is 15.9 Å². The first-order valence-electron chi connectivity index (χ1n) is 10.9. The van der Waals surface area contributed by atoms with Crippen LogP contribution in [0.4, 0.5) is 0 Å². The first-order chi connectivity index (χ1) is 16.8. The molecule has 0 saturated carbocycles. The molecule has 0 saturated heterocycles. The number of nitrogens with zero attached hydrogens (tertiary/aromatic N) is 2. The average Bonchev–Trinajstić information content (AvgIpc) is 3.39. The van der Waals surface area contributed by atoms with Gasteiger partial charge in [0.15, 0.2) is 17.1 Å². The lowest BCUT2D eigenvalue weighted by atomic mass is 10.2. The predicted octanol–water partition coefficient (Wildman–Crippen LogP) is 5.55. The van der Waals surface area contributed by atoms with Crippen molar-refractivity contribution in [2.24, 2.45) is 5.10 Å². The van der Waals surface area contributed by atoms with Crippen molar-refractivity contribution in [3.63, 3.8) is 0 Å². The van der Waals surface area contributed by atoms with Crippen LogP contribution in [0.15, 0.2) is 62.5 Å². The minimum absolute atomic E-state index is 0.120. The highest BCUT2D eigenvalue weighted by atomic mass is 79.9. The fourth-order valence-electron chi connectivity index (χ4n) is 3.87. The van der Waals surface area contributed by atoms with E-state index in [2.05, 4.69) is 26.5 Å². The summed E-state index contributed by atoms with van der Waals surface area (Å²) in [4.78, 5) is 24.7. The number of rotatable bonds is 7. The van der Waals surface area contributed by atoms with E-state index in [1.165, 1.54) is 7.11 Å². The zero-order valence-corrected chi connectivity index (χ0v) is 21.3. The molecule has 0 spiro atoms. The first kappa shape index (κ1) is 24.3. The molecule has 180 valence electrons. The monoisotopic (exact) mass is 537 g/mol. The number of hydrogen-bond donors (Lipinski definition) is 1. The Hall–Kier alpha value is -3.85. The van der Waals surface area contributed by atoms with Crippen LogP contribution in [0.25, 0.3) is 16.7 Å². The highest BCUT2D eigenvalue weighted by Crippen LogP contribution is 2.32. The number of esters is 1. The second-order valence-electron chi connectivity index (χ2n) is 7.77. The van der Waals surface area contributed by atoms with Gasteiger partial charge in [0.2, 0.25) is 0 Å². The molecule has 9 heteroatoms. The van der Waals surface area contributed by atoms with Gasteiger partial charge in [0.25, 0.3) is 0 Å². The summed E-state index contributed by atoms with van der Waals surface area (Å²) in [6, 6.07) is 14.4. The lowest BCUT2D eigenvalue weighted by Crippen LogP contribution is -2.16. The molecule has 0 bridgehead atoms. The van der Waals surface area contributed by atoms with Gasteiger partial charge in [-0.15, -0.1) is 0 Å². The molecule has 0 aliphatic heterocycles. The third kappa shape index (κ3) is 5.00. The van der Waals surface area contributed by atoms with Crippen LogP contribution in [0, 0.1) is 13.8 Å². The molecule has 2 heterocycles. The molecule has 1 N–H and O–H groups in total. The molecule has 1 amide bonds. The highest BCUT2D eigenvalue weighted by Gasteiger charge is 2.16. The van der Waals surface area contributed by atoms with Crippen molar-refractivity contribution in [3.8, 4) is 11.4 Å². The second kappa shape index (κ2) is 10.2. The molecule has 2 aromatic heterocycles. The fraction of sp³-hybridized carbons (Fsp3) is 0.192. The number of carbonyl (C=O) groups excluding carboxylic acids is 2. The molecule has 4 rings (SSSR count). The number of aryl methyl sites for hydroxylation is 1. The van der Waals surface area contributed by atoms with Crippen molar-refractivity contribution in [3.05, 3.63) is 81.3 Å². The molecule has 0 radical (unpaired) electrons. The largest absolute Gasteiger partial charge is 0.493 e. The standard InChI is InChI=1S/C26H24BrN3O5/c1-5-34-26(32)17-7-6-8-21(11-17)30-15(2)9-19(16(30)3)14-28-29-25(31)23-12-18-10-20(27)13-22(33-4)24(18)35-23/h6-14H,5H2,1-4H3,(H,29,31). The van der Waals surface area contributed by atoms with Crippen LogP contribution in [0.3, 0.4) is 0 Å². The highest BCUT2D eigenvalue weighted by molar-refractivity contribution is 9.10. The van der Waals surface area contributed by atoms with Crippen LogP contribution in [0.5, 0.6) is 5.75 Å². The quantitative estimate of drug-likeness (QED) is 0.189. The number of furan rings is 1. The summed E-state index contributed by atoms with van der Waals surface area (Å²) >= 11 is 3.42. The Labute approximate surface area is 210 Å². The number of methoxy groups -OCH3 is 1. The summed E-state index contributed by atoms with van der Waals surface area (Å²) in [6.45, 7) is 5.99. The van der Waals surface area contributed by atoms with Gasteiger partial charge in [-0.25, -0.2) is 10.2 Å². The summed E-state index contributed by atoms with van der Waals surface area (Å²) in [5.41, 5.74) is 6.98. The van der Waals surface area contributed by atoms with Gasteiger partial charge < -0.3 is 18.5 Å².